The summed E-state index contributed by atoms with van der Waals surface area (Å²) in [5, 5.41) is 19.8. The maximum atomic E-state index is 11.2. The summed E-state index contributed by atoms with van der Waals surface area (Å²) in [6.07, 6.45) is 1.10. The Morgan fingerprint density at radius 2 is 2.26 bits per heavy atom. The highest BCUT2D eigenvalue weighted by Crippen LogP contribution is 2.36. The largest absolute Gasteiger partial charge is 0.487 e. The van der Waals surface area contributed by atoms with Gasteiger partial charge in [-0.25, -0.2) is 0 Å². The third-order valence-electron chi connectivity index (χ3n) is 2.59. The topological polar surface area (TPSA) is 79.4 Å². The van der Waals surface area contributed by atoms with Crippen molar-refractivity contribution in [1.82, 2.24) is 0 Å². The number of anilines is 1. The average molecular weight is 263 g/mol. The standard InChI is InChI=1S/C13H17N3O3/c1-3-10-19-12-7-4-6-11(13(12)16(17)18)15(2)9-5-8-14/h4,6-7H,3,5,9-10H2,1-2H3. The molecule has 0 radical (unpaired) electrons. The van der Waals surface area contributed by atoms with E-state index in [-0.39, 0.29) is 11.4 Å². The van der Waals surface area contributed by atoms with Gasteiger partial charge in [0.15, 0.2) is 5.75 Å². The number of nitriles is 1. The zero-order valence-electron chi connectivity index (χ0n) is 11.1. The molecule has 1 rings (SSSR count). The van der Waals surface area contributed by atoms with Crippen LogP contribution in [0, 0.1) is 21.4 Å². The van der Waals surface area contributed by atoms with Crippen LogP contribution in [0.15, 0.2) is 18.2 Å². The average Bonchev–Trinajstić information content (AvgIpc) is 2.41. The molecule has 6 heteroatoms. The van der Waals surface area contributed by atoms with Crippen LogP contribution in [0.1, 0.15) is 19.8 Å². The summed E-state index contributed by atoms with van der Waals surface area (Å²) in [7, 11) is 1.73. The highest BCUT2D eigenvalue weighted by molar-refractivity contribution is 5.69. The van der Waals surface area contributed by atoms with Crippen molar-refractivity contribution in [2.75, 3.05) is 25.1 Å². The van der Waals surface area contributed by atoms with E-state index in [1.54, 1.807) is 30.1 Å². The molecular weight excluding hydrogens is 246 g/mol. The van der Waals surface area contributed by atoms with Crippen molar-refractivity contribution in [1.29, 1.82) is 5.26 Å². The van der Waals surface area contributed by atoms with Crippen molar-refractivity contribution in [3.8, 4) is 11.8 Å². The maximum Gasteiger partial charge on any atom is 0.333 e. The van der Waals surface area contributed by atoms with Gasteiger partial charge < -0.3 is 9.64 Å². The monoisotopic (exact) mass is 263 g/mol. The number of hydrogen-bond donors (Lipinski definition) is 0. The Morgan fingerprint density at radius 3 is 2.84 bits per heavy atom. The zero-order valence-corrected chi connectivity index (χ0v) is 11.1. The van der Waals surface area contributed by atoms with Crippen LogP contribution in [0.2, 0.25) is 0 Å². The lowest BCUT2D eigenvalue weighted by Gasteiger charge is -2.18. The van der Waals surface area contributed by atoms with E-state index in [1.807, 2.05) is 13.0 Å². The molecule has 0 amide bonds. The lowest BCUT2D eigenvalue weighted by atomic mass is 10.2. The SMILES string of the molecule is CCCOc1cccc(N(C)CCC#N)c1[N+](=O)[O-]. The van der Waals surface area contributed by atoms with Crippen molar-refractivity contribution in [3.05, 3.63) is 28.3 Å². The summed E-state index contributed by atoms with van der Waals surface area (Å²) in [5.74, 6) is 0.271. The number of benzene rings is 1. The summed E-state index contributed by atoms with van der Waals surface area (Å²) >= 11 is 0. The molecule has 1 aromatic rings. The Balaban J connectivity index is 3.09. The van der Waals surface area contributed by atoms with E-state index in [2.05, 4.69) is 0 Å². The van der Waals surface area contributed by atoms with Crippen molar-refractivity contribution in [2.45, 2.75) is 19.8 Å². The molecule has 1 aromatic carbocycles. The Hall–Kier alpha value is -2.29. The number of nitro groups is 1. The Labute approximate surface area is 112 Å². The second-order valence-corrected chi connectivity index (χ2v) is 4.06. The molecule has 0 aliphatic rings. The fourth-order valence-electron chi connectivity index (χ4n) is 1.67. The number of nitro benzene ring substituents is 1. The minimum Gasteiger partial charge on any atom is -0.487 e. The molecule has 0 fully saturated rings. The van der Waals surface area contributed by atoms with E-state index in [9.17, 15) is 10.1 Å². The molecule has 0 saturated heterocycles. The predicted molar refractivity (Wildman–Crippen MR) is 72.4 cm³/mol. The molecule has 19 heavy (non-hydrogen) atoms. The third-order valence-corrected chi connectivity index (χ3v) is 2.59. The van der Waals surface area contributed by atoms with Crippen LogP contribution in [-0.4, -0.2) is 25.1 Å². The van der Waals surface area contributed by atoms with Crippen LogP contribution >= 0.6 is 0 Å². The van der Waals surface area contributed by atoms with E-state index in [4.69, 9.17) is 10.00 Å². The van der Waals surface area contributed by atoms with Gasteiger partial charge in [0.1, 0.15) is 5.69 Å². The summed E-state index contributed by atoms with van der Waals surface area (Å²) < 4.78 is 5.41. The molecule has 0 heterocycles. The van der Waals surface area contributed by atoms with E-state index in [0.29, 0.717) is 25.3 Å². The van der Waals surface area contributed by atoms with Crippen molar-refractivity contribution in [3.63, 3.8) is 0 Å². The first kappa shape index (κ1) is 14.8. The van der Waals surface area contributed by atoms with Gasteiger partial charge in [-0.3, -0.25) is 10.1 Å². The molecule has 0 atom stereocenters. The van der Waals surface area contributed by atoms with Gasteiger partial charge in [-0.2, -0.15) is 5.26 Å². The van der Waals surface area contributed by atoms with Gasteiger partial charge in [-0.05, 0) is 18.6 Å². The normalized spacial score (nSPS) is 9.74. The molecule has 0 N–H and O–H groups in total. The molecule has 0 aliphatic heterocycles. The molecule has 102 valence electrons. The smallest absolute Gasteiger partial charge is 0.333 e. The molecular formula is C13H17N3O3. The summed E-state index contributed by atoms with van der Waals surface area (Å²) in [4.78, 5) is 12.5. The minimum absolute atomic E-state index is 0.0450. The molecule has 0 bridgehead atoms. The molecule has 0 saturated carbocycles. The van der Waals surface area contributed by atoms with Crippen molar-refractivity contribution in [2.24, 2.45) is 0 Å². The number of hydrogen-bond acceptors (Lipinski definition) is 5. The minimum atomic E-state index is -0.441. The predicted octanol–water partition coefficient (Wildman–Crippen LogP) is 2.73. The first-order valence-corrected chi connectivity index (χ1v) is 6.10. The van der Waals surface area contributed by atoms with Crippen LogP contribution in [0.4, 0.5) is 11.4 Å². The fourth-order valence-corrected chi connectivity index (χ4v) is 1.67. The number of rotatable bonds is 7. The van der Waals surface area contributed by atoms with Crippen molar-refractivity contribution >= 4 is 11.4 Å². The van der Waals surface area contributed by atoms with Gasteiger partial charge >= 0.3 is 5.69 Å². The molecule has 0 unspecified atom stereocenters. The summed E-state index contributed by atoms with van der Waals surface area (Å²) in [5.41, 5.74) is 0.422. The van der Waals surface area contributed by atoms with Gasteiger partial charge in [-0.1, -0.05) is 13.0 Å². The van der Waals surface area contributed by atoms with E-state index < -0.39 is 4.92 Å². The lowest BCUT2D eigenvalue weighted by Crippen LogP contribution is -2.19. The van der Waals surface area contributed by atoms with Crippen LogP contribution in [-0.2, 0) is 0 Å². The summed E-state index contributed by atoms with van der Waals surface area (Å²) in [6.45, 7) is 2.81. The van der Waals surface area contributed by atoms with Gasteiger partial charge in [0.05, 0.1) is 24.0 Å². The Bertz CT molecular complexity index is 483. The number of para-hydroxylation sites is 1. The van der Waals surface area contributed by atoms with E-state index in [1.165, 1.54) is 0 Å². The van der Waals surface area contributed by atoms with Crippen LogP contribution in [0.3, 0.4) is 0 Å². The van der Waals surface area contributed by atoms with Crippen LogP contribution < -0.4 is 9.64 Å². The third kappa shape index (κ3) is 3.85. The molecule has 0 aliphatic carbocycles. The fraction of sp³-hybridized carbons (Fsp3) is 0.462. The zero-order chi connectivity index (χ0) is 14.3. The quantitative estimate of drug-likeness (QED) is 0.558. The van der Waals surface area contributed by atoms with Gasteiger partial charge in [-0.15, -0.1) is 0 Å². The van der Waals surface area contributed by atoms with Crippen LogP contribution in [0.25, 0.3) is 0 Å². The Kier molecular flexibility index (Phi) is 5.61. The highest BCUT2D eigenvalue weighted by Gasteiger charge is 2.23. The van der Waals surface area contributed by atoms with Gasteiger partial charge in [0.2, 0.25) is 0 Å². The first-order chi connectivity index (χ1) is 9.11. The highest BCUT2D eigenvalue weighted by atomic mass is 16.6. The second-order valence-electron chi connectivity index (χ2n) is 4.06. The van der Waals surface area contributed by atoms with E-state index >= 15 is 0 Å². The lowest BCUT2D eigenvalue weighted by molar-refractivity contribution is -0.385. The second kappa shape index (κ2) is 7.21. The maximum absolute atomic E-state index is 11.2. The van der Waals surface area contributed by atoms with Gasteiger partial charge in [0, 0.05) is 13.6 Å². The number of ether oxygens (including phenoxy) is 1. The molecule has 6 nitrogen and oxygen atoms in total. The molecule has 0 aromatic heterocycles. The Morgan fingerprint density at radius 1 is 1.53 bits per heavy atom. The number of nitrogens with zero attached hydrogens (tertiary/aromatic N) is 3. The van der Waals surface area contributed by atoms with Crippen LogP contribution in [0.5, 0.6) is 5.75 Å². The van der Waals surface area contributed by atoms with Crippen molar-refractivity contribution < 1.29 is 9.66 Å². The molecule has 0 spiro atoms. The van der Waals surface area contributed by atoms with E-state index in [0.717, 1.165) is 6.42 Å². The summed E-state index contributed by atoms with van der Waals surface area (Å²) in [6, 6.07) is 7.00. The first-order valence-electron chi connectivity index (χ1n) is 6.10. The van der Waals surface area contributed by atoms with Gasteiger partial charge in [0.25, 0.3) is 0 Å².